The zero-order valence-corrected chi connectivity index (χ0v) is 40.2. The van der Waals surface area contributed by atoms with E-state index in [0.717, 1.165) is 96.3 Å². The Morgan fingerprint density at radius 2 is 0.985 bits per heavy atom. The van der Waals surface area contributed by atoms with Gasteiger partial charge in [-0.25, -0.2) is 0 Å². The van der Waals surface area contributed by atoms with Gasteiger partial charge in [0.1, 0.15) is 54.9 Å². The lowest BCUT2D eigenvalue weighted by atomic mass is 9.98. The number of carbonyl (C=O) groups is 1. The summed E-state index contributed by atoms with van der Waals surface area (Å²) in [4.78, 5) is 13.0. The largest absolute Gasteiger partial charge is 0.457 e. The van der Waals surface area contributed by atoms with Gasteiger partial charge in [-0.1, -0.05) is 138 Å². The Bertz CT molecular complexity index is 1360. The third-order valence-corrected chi connectivity index (χ3v) is 11.4. The molecular weight excluding hydrogens is 849 g/mol. The van der Waals surface area contributed by atoms with Crippen LogP contribution in [0.5, 0.6) is 0 Å². The van der Waals surface area contributed by atoms with Crippen molar-refractivity contribution in [3.05, 3.63) is 72.9 Å². The van der Waals surface area contributed by atoms with E-state index >= 15 is 0 Å². The van der Waals surface area contributed by atoms with Gasteiger partial charge in [0.05, 0.1) is 26.4 Å². The molecule has 2 fully saturated rings. The predicted molar refractivity (Wildman–Crippen MR) is 256 cm³/mol. The average molecular weight is 937 g/mol. The fourth-order valence-corrected chi connectivity index (χ4v) is 7.35. The van der Waals surface area contributed by atoms with Crippen LogP contribution in [0.25, 0.3) is 0 Å². The fourth-order valence-electron chi connectivity index (χ4n) is 7.35. The lowest BCUT2D eigenvalue weighted by Crippen LogP contribution is -2.61. The highest BCUT2D eigenvalue weighted by atomic mass is 16.7. The first-order chi connectivity index (χ1) is 32.1. The Balaban J connectivity index is 1.80. The van der Waals surface area contributed by atoms with Crippen LogP contribution in [0.3, 0.4) is 0 Å². The molecule has 14 heteroatoms. The number of ether oxygens (including phenoxy) is 6. The fraction of sp³-hybridized carbons (Fsp3) is 0.750. The van der Waals surface area contributed by atoms with Gasteiger partial charge in [0.2, 0.25) is 0 Å². The van der Waals surface area contributed by atoms with Crippen molar-refractivity contribution in [2.75, 3.05) is 33.0 Å². The number of allylic oxidation sites excluding steroid dienone is 12. The molecule has 0 aromatic heterocycles. The van der Waals surface area contributed by atoms with Crippen LogP contribution in [0.15, 0.2) is 72.9 Å². The quantitative estimate of drug-likeness (QED) is 0.0187. The van der Waals surface area contributed by atoms with E-state index in [1.807, 2.05) is 0 Å². The first kappa shape index (κ1) is 59.6. The Morgan fingerprint density at radius 3 is 1.55 bits per heavy atom. The van der Waals surface area contributed by atoms with Crippen LogP contribution >= 0.6 is 0 Å². The van der Waals surface area contributed by atoms with Crippen molar-refractivity contribution < 1.29 is 69.0 Å². The summed E-state index contributed by atoms with van der Waals surface area (Å²) in [6.07, 6.45) is 31.0. The van der Waals surface area contributed by atoms with Gasteiger partial charge in [0, 0.05) is 13.0 Å². The summed E-state index contributed by atoms with van der Waals surface area (Å²) in [7, 11) is 0. The number of aliphatic hydroxyl groups excluding tert-OH is 7. The van der Waals surface area contributed by atoms with Crippen LogP contribution in [0.1, 0.15) is 149 Å². The number of unbranched alkanes of at least 4 members (excludes halogenated alkanes) is 12. The van der Waals surface area contributed by atoms with Crippen LogP contribution in [0, 0.1) is 0 Å². The number of carbonyl (C=O) groups excluding carboxylic acids is 1. The second-order valence-corrected chi connectivity index (χ2v) is 17.3. The number of rotatable bonds is 38. The van der Waals surface area contributed by atoms with Crippen LogP contribution in [-0.4, -0.2) is 142 Å². The van der Waals surface area contributed by atoms with Gasteiger partial charge in [0.15, 0.2) is 12.6 Å². The van der Waals surface area contributed by atoms with E-state index in [2.05, 4.69) is 86.8 Å². The highest BCUT2D eigenvalue weighted by Crippen LogP contribution is 2.26. The molecule has 380 valence electrons. The molecule has 7 N–H and O–H groups in total. The summed E-state index contributed by atoms with van der Waals surface area (Å²) in [6.45, 7) is 3.45. The van der Waals surface area contributed by atoms with Crippen molar-refractivity contribution in [3.63, 3.8) is 0 Å². The van der Waals surface area contributed by atoms with E-state index in [-0.39, 0.29) is 19.6 Å². The Kier molecular flexibility index (Phi) is 35.5. The summed E-state index contributed by atoms with van der Waals surface area (Å²) in [5, 5.41) is 72.1. The third-order valence-electron chi connectivity index (χ3n) is 11.4. The lowest BCUT2D eigenvalue weighted by Gasteiger charge is -2.42. The Labute approximate surface area is 396 Å². The highest BCUT2D eigenvalue weighted by Gasteiger charge is 2.47. The van der Waals surface area contributed by atoms with Crippen molar-refractivity contribution in [1.82, 2.24) is 0 Å². The SMILES string of the molecule is CC/C=C\C/C=C\C/C=C\C/C=C\CCCCCCC(=O)OC(COCCCCCCCC/C=C\C/C=C\CCCC)COC1OC(COC2OC(CO)C(O)C(O)C2O)C(O)C(O)C1O. The first-order valence-corrected chi connectivity index (χ1v) is 25.0. The highest BCUT2D eigenvalue weighted by molar-refractivity contribution is 5.69. The predicted octanol–water partition coefficient (Wildman–Crippen LogP) is 7.12. The smallest absolute Gasteiger partial charge is 0.306 e. The van der Waals surface area contributed by atoms with Crippen LogP contribution in [0.2, 0.25) is 0 Å². The molecule has 11 unspecified atom stereocenters. The molecule has 0 aromatic carbocycles. The van der Waals surface area contributed by atoms with E-state index in [4.69, 9.17) is 28.4 Å². The maximum absolute atomic E-state index is 13.0. The first-order valence-electron chi connectivity index (χ1n) is 25.0. The average Bonchev–Trinajstić information content (AvgIpc) is 3.31. The molecule has 2 aliphatic rings. The minimum atomic E-state index is -1.72. The summed E-state index contributed by atoms with van der Waals surface area (Å²) in [6, 6.07) is 0. The standard InChI is InChI=1S/C52H88O14/c1-3-5-7-9-11-13-15-17-19-20-21-23-25-27-29-31-33-35-44(54)64-41(38-61-36-34-32-30-28-26-24-22-18-16-14-12-10-8-6-4-2)39-62-51-50(60)48(58)46(56)43(66-51)40-63-52-49(59)47(57)45(55)42(37-53)65-52/h5,7,10-13,16-19,21,23,41-43,45-53,55-60H,3-4,6,8-9,14-15,20,22,24-40H2,1-2H3/b7-5-,12-10-,13-11-,18-16-,19-17-,23-21-. The maximum atomic E-state index is 13.0. The number of hydrogen-bond donors (Lipinski definition) is 7. The van der Waals surface area contributed by atoms with Crippen LogP contribution in [-0.2, 0) is 33.2 Å². The molecule has 0 spiro atoms. The van der Waals surface area contributed by atoms with Gasteiger partial charge >= 0.3 is 5.97 Å². The Morgan fingerprint density at radius 1 is 0.515 bits per heavy atom. The van der Waals surface area contributed by atoms with Crippen LogP contribution < -0.4 is 0 Å². The lowest BCUT2D eigenvalue weighted by molar-refractivity contribution is -0.332. The zero-order valence-electron chi connectivity index (χ0n) is 40.2. The molecule has 14 nitrogen and oxygen atoms in total. The van der Waals surface area contributed by atoms with Crippen molar-refractivity contribution in [3.8, 4) is 0 Å². The molecule has 2 aliphatic heterocycles. The minimum absolute atomic E-state index is 0.0401. The minimum Gasteiger partial charge on any atom is -0.457 e. The number of aliphatic hydroxyl groups is 7. The van der Waals surface area contributed by atoms with Gasteiger partial charge in [0.25, 0.3) is 0 Å². The van der Waals surface area contributed by atoms with Crippen molar-refractivity contribution in [2.45, 2.75) is 216 Å². The van der Waals surface area contributed by atoms with Gasteiger partial charge in [-0.15, -0.1) is 0 Å². The second-order valence-electron chi connectivity index (χ2n) is 17.3. The molecule has 2 heterocycles. The zero-order chi connectivity index (χ0) is 48.0. The van der Waals surface area contributed by atoms with Gasteiger partial charge in [-0.3, -0.25) is 4.79 Å². The van der Waals surface area contributed by atoms with Crippen molar-refractivity contribution in [2.24, 2.45) is 0 Å². The van der Waals surface area contributed by atoms with E-state index in [9.17, 15) is 40.5 Å². The summed E-state index contributed by atoms with van der Waals surface area (Å²) >= 11 is 0. The third kappa shape index (κ3) is 26.8. The normalized spacial score (nSPS) is 26.9. The number of esters is 1. The summed E-state index contributed by atoms with van der Waals surface area (Å²) in [5.74, 6) is -0.407. The number of hydrogen-bond acceptors (Lipinski definition) is 14. The van der Waals surface area contributed by atoms with Crippen LogP contribution in [0.4, 0.5) is 0 Å². The molecule has 0 amide bonds. The summed E-state index contributed by atoms with van der Waals surface area (Å²) < 4.78 is 34.2. The maximum Gasteiger partial charge on any atom is 0.306 e. The van der Waals surface area contributed by atoms with E-state index in [1.165, 1.54) is 25.7 Å². The topological polar surface area (TPSA) is 214 Å². The molecular formula is C52H88O14. The van der Waals surface area contributed by atoms with Gasteiger partial charge in [-0.05, 0) is 77.0 Å². The van der Waals surface area contributed by atoms with E-state index in [0.29, 0.717) is 13.0 Å². The molecule has 11 atom stereocenters. The molecule has 0 radical (unpaired) electrons. The van der Waals surface area contributed by atoms with E-state index in [1.54, 1.807) is 0 Å². The molecule has 0 aliphatic carbocycles. The molecule has 0 aromatic rings. The van der Waals surface area contributed by atoms with Gasteiger partial charge in [-0.2, -0.15) is 0 Å². The molecule has 2 rings (SSSR count). The van der Waals surface area contributed by atoms with E-state index < -0.39 is 86.7 Å². The van der Waals surface area contributed by atoms with Crippen molar-refractivity contribution in [1.29, 1.82) is 0 Å². The van der Waals surface area contributed by atoms with Gasteiger partial charge < -0.3 is 64.2 Å². The molecule has 0 saturated carbocycles. The molecule has 2 saturated heterocycles. The summed E-state index contributed by atoms with van der Waals surface area (Å²) in [5.41, 5.74) is 0. The monoisotopic (exact) mass is 937 g/mol. The Hall–Kier alpha value is -2.57. The second kappa shape index (κ2) is 39.3. The van der Waals surface area contributed by atoms with Crippen molar-refractivity contribution >= 4 is 5.97 Å². The molecule has 0 bridgehead atoms. The molecule has 66 heavy (non-hydrogen) atoms.